The summed E-state index contributed by atoms with van der Waals surface area (Å²) >= 11 is 0. The van der Waals surface area contributed by atoms with Crippen LogP contribution in [0.25, 0.3) is 0 Å². The summed E-state index contributed by atoms with van der Waals surface area (Å²) in [5.41, 5.74) is 0.589. The monoisotopic (exact) mass is 183 g/mol. The standard InChI is InChI=1S/C12H25N/c1-11(2)10-13-8-5-6-12(3,4)7-9-13/h11H,5-10H2,1-4H3. The molecule has 1 heterocycles. The fourth-order valence-electron chi connectivity index (χ4n) is 2.18. The van der Waals surface area contributed by atoms with Gasteiger partial charge in [-0.2, -0.15) is 0 Å². The van der Waals surface area contributed by atoms with Crippen molar-refractivity contribution < 1.29 is 0 Å². The topological polar surface area (TPSA) is 3.24 Å². The zero-order chi connectivity index (χ0) is 9.90. The van der Waals surface area contributed by atoms with Gasteiger partial charge in [-0.3, -0.25) is 0 Å². The Morgan fingerprint density at radius 2 is 1.85 bits per heavy atom. The molecule has 78 valence electrons. The second kappa shape index (κ2) is 4.45. The molecule has 0 saturated carbocycles. The Kier molecular flexibility index (Phi) is 3.78. The Morgan fingerprint density at radius 3 is 2.46 bits per heavy atom. The van der Waals surface area contributed by atoms with Crippen LogP contribution in [0.4, 0.5) is 0 Å². The maximum Gasteiger partial charge on any atom is 0.000439 e. The zero-order valence-electron chi connectivity index (χ0n) is 9.77. The van der Waals surface area contributed by atoms with Gasteiger partial charge < -0.3 is 4.90 Å². The van der Waals surface area contributed by atoms with Crippen LogP contribution in [0.5, 0.6) is 0 Å². The highest BCUT2D eigenvalue weighted by Crippen LogP contribution is 2.29. The molecule has 1 heteroatoms. The van der Waals surface area contributed by atoms with Gasteiger partial charge in [0.1, 0.15) is 0 Å². The highest BCUT2D eigenvalue weighted by atomic mass is 15.1. The molecule has 0 amide bonds. The first-order valence-electron chi connectivity index (χ1n) is 5.72. The maximum atomic E-state index is 2.64. The number of hydrogen-bond donors (Lipinski definition) is 0. The summed E-state index contributed by atoms with van der Waals surface area (Å²) in [6.45, 7) is 13.4. The molecule has 0 bridgehead atoms. The third-order valence-electron chi connectivity index (χ3n) is 3.06. The van der Waals surface area contributed by atoms with Crippen molar-refractivity contribution in [3.05, 3.63) is 0 Å². The largest absolute Gasteiger partial charge is 0.303 e. The van der Waals surface area contributed by atoms with Gasteiger partial charge in [0.05, 0.1) is 0 Å². The van der Waals surface area contributed by atoms with Crippen molar-refractivity contribution in [2.24, 2.45) is 11.3 Å². The van der Waals surface area contributed by atoms with Crippen LogP contribution in [-0.4, -0.2) is 24.5 Å². The summed E-state index contributed by atoms with van der Waals surface area (Å²) in [4.78, 5) is 2.64. The fraction of sp³-hybridized carbons (Fsp3) is 1.00. The van der Waals surface area contributed by atoms with Gasteiger partial charge >= 0.3 is 0 Å². The Morgan fingerprint density at radius 1 is 1.15 bits per heavy atom. The molecule has 1 rings (SSSR count). The molecule has 0 N–H and O–H groups in total. The third kappa shape index (κ3) is 4.12. The van der Waals surface area contributed by atoms with E-state index in [0.717, 1.165) is 5.92 Å². The molecule has 1 nitrogen and oxygen atoms in total. The maximum absolute atomic E-state index is 2.64. The van der Waals surface area contributed by atoms with E-state index >= 15 is 0 Å². The van der Waals surface area contributed by atoms with E-state index in [1.165, 1.54) is 38.9 Å². The molecule has 1 saturated heterocycles. The summed E-state index contributed by atoms with van der Waals surface area (Å²) in [6.07, 6.45) is 4.17. The second-order valence-electron chi connectivity index (χ2n) is 5.71. The summed E-state index contributed by atoms with van der Waals surface area (Å²) in [7, 11) is 0. The first-order valence-corrected chi connectivity index (χ1v) is 5.72. The van der Waals surface area contributed by atoms with Gasteiger partial charge in [0.15, 0.2) is 0 Å². The summed E-state index contributed by atoms with van der Waals surface area (Å²) in [5, 5.41) is 0. The van der Waals surface area contributed by atoms with Crippen LogP contribution >= 0.6 is 0 Å². The summed E-state index contributed by atoms with van der Waals surface area (Å²) in [5.74, 6) is 0.821. The third-order valence-corrected chi connectivity index (χ3v) is 3.06. The molecular formula is C12H25N. The molecule has 0 aromatic rings. The van der Waals surface area contributed by atoms with Crippen molar-refractivity contribution in [3.63, 3.8) is 0 Å². The van der Waals surface area contributed by atoms with Crippen molar-refractivity contribution in [1.29, 1.82) is 0 Å². The van der Waals surface area contributed by atoms with Gasteiger partial charge in [0.2, 0.25) is 0 Å². The molecule has 1 fully saturated rings. The van der Waals surface area contributed by atoms with E-state index in [4.69, 9.17) is 0 Å². The molecule has 0 spiro atoms. The van der Waals surface area contributed by atoms with Gasteiger partial charge in [-0.15, -0.1) is 0 Å². The molecule has 1 aliphatic heterocycles. The van der Waals surface area contributed by atoms with Gasteiger partial charge in [0.25, 0.3) is 0 Å². The Balaban J connectivity index is 2.36. The van der Waals surface area contributed by atoms with Gasteiger partial charge in [0, 0.05) is 6.54 Å². The first kappa shape index (κ1) is 11.0. The van der Waals surface area contributed by atoms with Crippen LogP contribution < -0.4 is 0 Å². The first-order chi connectivity index (χ1) is 5.99. The van der Waals surface area contributed by atoms with E-state index in [1.54, 1.807) is 0 Å². The lowest BCUT2D eigenvalue weighted by molar-refractivity contribution is 0.239. The predicted molar refractivity (Wildman–Crippen MR) is 58.9 cm³/mol. The zero-order valence-corrected chi connectivity index (χ0v) is 9.77. The van der Waals surface area contributed by atoms with E-state index in [9.17, 15) is 0 Å². The molecule has 0 aromatic carbocycles. The van der Waals surface area contributed by atoms with Crippen molar-refractivity contribution in [2.45, 2.75) is 47.0 Å². The van der Waals surface area contributed by atoms with Gasteiger partial charge in [-0.05, 0) is 43.7 Å². The SMILES string of the molecule is CC(C)CN1CCCC(C)(C)CC1. The van der Waals surface area contributed by atoms with Gasteiger partial charge in [-0.25, -0.2) is 0 Å². The molecule has 1 aliphatic rings. The van der Waals surface area contributed by atoms with E-state index in [1.807, 2.05) is 0 Å². The van der Waals surface area contributed by atoms with E-state index in [0.29, 0.717) is 5.41 Å². The number of likely N-dealkylation sites (tertiary alicyclic amines) is 1. The minimum atomic E-state index is 0.589. The smallest absolute Gasteiger partial charge is 0.000439 e. The average molecular weight is 183 g/mol. The van der Waals surface area contributed by atoms with Gasteiger partial charge in [-0.1, -0.05) is 27.7 Å². The number of hydrogen-bond acceptors (Lipinski definition) is 1. The predicted octanol–water partition coefficient (Wildman–Crippen LogP) is 3.15. The van der Waals surface area contributed by atoms with Crippen LogP contribution in [0, 0.1) is 11.3 Å². The fourth-order valence-corrected chi connectivity index (χ4v) is 2.18. The van der Waals surface area contributed by atoms with Crippen molar-refractivity contribution in [3.8, 4) is 0 Å². The highest BCUT2D eigenvalue weighted by molar-refractivity contribution is 4.76. The molecule has 0 aliphatic carbocycles. The lowest BCUT2D eigenvalue weighted by atomic mass is 9.85. The Labute approximate surface area is 83.5 Å². The minimum absolute atomic E-state index is 0.589. The molecular weight excluding hydrogens is 158 g/mol. The average Bonchev–Trinajstić information content (AvgIpc) is 2.12. The van der Waals surface area contributed by atoms with Crippen LogP contribution in [-0.2, 0) is 0 Å². The van der Waals surface area contributed by atoms with Crippen molar-refractivity contribution in [1.82, 2.24) is 4.90 Å². The highest BCUT2D eigenvalue weighted by Gasteiger charge is 2.22. The second-order valence-corrected chi connectivity index (χ2v) is 5.71. The van der Waals surface area contributed by atoms with Crippen LogP contribution in [0.1, 0.15) is 47.0 Å². The Hall–Kier alpha value is -0.0400. The normalized spacial score (nSPS) is 24.7. The summed E-state index contributed by atoms with van der Waals surface area (Å²) < 4.78 is 0. The quantitative estimate of drug-likeness (QED) is 0.635. The van der Waals surface area contributed by atoms with E-state index < -0.39 is 0 Å². The number of nitrogens with zero attached hydrogens (tertiary/aromatic N) is 1. The van der Waals surface area contributed by atoms with E-state index in [2.05, 4.69) is 32.6 Å². The Bertz CT molecular complexity index is 149. The van der Waals surface area contributed by atoms with Crippen LogP contribution in [0.15, 0.2) is 0 Å². The lowest BCUT2D eigenvalue weighted by Gasteiger charge is -2.24. The molecule has 0 unspecified atom stereocenters. The minimum Gasteiger partial charge on any atom is -0.303 e. The van der Waals surface area contributed by atoms with E-state index in [-0.39, 0.29) is 0 Å². The number of rotatable bonds is 2. The molecule has 0 atom stereocenters. The van der Waals surface area contributed by atoms with Crippen molar-refractivity contribution in [2.75, 3.05) is 19.6 Å². The lowest BCUT2D eigenvalue weighted by Crippen LogP contribution is -2.29. The summed E-state index contributed by atoms with van der Waals surface area (Å²) in [6, 6.07) is 0. The van der Waals surface area contributed by atoms with Crippen LogP contribution in [0.3, 0.4) is 0 Å². The molecule has 0 aromatic heterocycles. The van der Waals surface area contributed by atoms with Crippen molar-refractivity contribution >= 4 is 0 Å². The van der Waals surface area contributed by atoms with Crippen LogP contribution in [0.2, 0.25) is 0 Å². The molecule has 13 heavy (non-hydrogen) atoms. The molecule has 0 radical (unpaired) electrons.